The van der Waals surface area contributed by atoms with E-state index in [9.17, 15) is 9.59 Å². The van der Waals surface area contributed by atoms with Crippen LogP contribution in [0.1, 0.15) is 31.2 Å². The number of nitrogens with zero attached hydrogens (tertiary/aromatic N) is 2. The minimum absolute atomic E-state index is 0.245. The van der Waals surface area contributed by atoms with Crippen LogP contribution in [0.5, 0.6) is 0 Å². The Bertz CT molecular complexity index is 791. The average molecular weight is 362 g/mol. The molecule has 0 bridgehead atoms. The lowest BCUT2D eigenvalue weighted by atomic mass is 9.90. The Labute approximate surface area is 160 Å². The maximum Gasteiger partial charge on any atom is 0.296 e. The van der Waals surface area contributed by atoms with Gasteiger partial charge >= 0.3 is 0 Å². The molecule has 2 aliphatic heterocycles. The number of carbonyl (C=O) groups is 2. The first-order valence-electron chi connectivity index (χ1n) is 9.94. The lowest BCUT2D eigenvalue weighted by molar-refractivity contribution is -0.142. The number of likely N-dealkylation sites (tertiary alicyclic amines) is 1. The zero-order valence-electron chi connectivity index (χ0n) is 15.6. The molecule has 2 atom stereocenters. The molecule has 4 heteroatoms. The summed E-state index contributed by atoms with van der Waals surface area (Å²) in [6, 6.07) is 20.0. The summed E-state index contributed by atoms with van der Waals surface area (Å²) in [5.41, 5.74) is 2.11. The Morgan fingerprint density at radius 2 is 1.52 bits per heavy atom. The topological polar surface area (TPSA) is 40.6 Å². The van der Waals surface area contributed by atoms with Gasteiger partial charge in [0.15, 0.2) is 0 Å². The zero-order valence-corrected chi connectivity index (χ0v) is 15.6. The maximum atomic E-state index is 13.0. The van der Waals surface area contributed by atoms with Gasteiger partial charge in [-0.05, 0) is 49.9 Å². The van der Waals surface area contributed by atoms with Crippen LogP contribution in [0, 0.1) is 0 Å². The normalized spacial score (nSPS) is 24.2. The molecule has 27 heavy (non-hydrogen) atoms. The predicted molar refractivity (Wildman–Crippen MR) is 107 cm³/mol. The van der Waals surface area contributed by atoms with Crippen molar-refractivity contribution in [3.05, 3.63) is 66.2 Å². The largest absolute Gasteiger partial charge is 0.306 e. The molecule has 2 aliphatic rings. The Morgan fingerprint density at radius 1 is 0.815 bits per heavy atom. The molecule has 2 aromatic rings. The summed E-state index contributed by atoms with van der Waals surface area (Å²) in [6.07, 6.45) is 5.05. The van der Waals surface area contributed by atoms with Gasteiger partial charge in [0, 0.05) is 18.3 Å². The number of piperidine rings is 2. The number of hydrogen-bond donors (Lipinski definition) is 0. The van der Waals surface area contributed by atoms with Crippen LogP contribution in [0.3, 0.4) is 0 Å². The fraction of sp³-hybridized carbons (Fsp3) is 0.391. The van der Waals surface area contributed by atoms with E-state index in [1.807, 2.05) is 36.4 Å². The summed E-state index contributed by atoms with van der Waals surface area (Å²) < 4.78 is 0. The van der Waals surface area contributed by atoms with Crippen molar-refractivity contribution < 1.29 is 9.59 Å². The molecule has 4 rings (SSSR count). The molecule has 1 amide bonds. The van der Waals surface area contributed by atoms with E-state index < -0.39 is 0 Å². The van der Waals surface area contributed by atoms with Crippen molar-refractivity contribution in [2.45, 2.75) is 44.2 Å². The highest BCUT2D eigenvalue weighted by Gasteiger charge is 2.41. The van der Waals surface area contributed by atoms with Crippen molar-refractivity contribution in [1.29, 1.82) is 0 Å². The van der Waals surface area contributed by atoms with Crippen molar-refractivity contribution in [2.24, 2.45) is 0 Å². The fourth-order valence-corrected chi connectivity index (χ4v) is 4.47. The van der Waals surface area contributed by atoms with Gasteiger partial charge in [0.05, 0.1) is 6.04 Å². The summed E-state index contributed by atoms with van der Waals surface area (Å²) in [7, 11) is 0. The first-order valence-corrected chi connectivity index (χ1v) is 9.94. The number of benzene rings is 2. The van der Waals surface area contributed by atoms with Gasteiger partial charge in [-0.25, -0.2) is 0 Å². The molecule has 0 radical (unpaired) electrons. The number of ketones is 1. The fourth-order valence-electron chi connectivity index (χ4n) is 4.47. The van der Waals surface area contributed by atoms with E-state index in [0.29, 0.717) is 19.0 Å². The highest BCUT2D eigenvalue weighted by atomic mass is 16.2. The molecule has 0 aliphatic carbocycles. The monoisotopic (exact) mass is 362 g/mol. The third-order valence-electron chi connectivity index (χ3n) is 5.84. The van der Waals surface area contributed by atoms with Crippen LogP contribution >= 0.6 is 0 Å². The summed E-state index contributed by atoms with van der Waals surface area (Å²) in [6.45, 7) is 1.51. The number of anilines is 1. The second kappa shape index (κ2) is 8.05. The van der Waals surface area contributed by atoms with Gasteiger partial charge in [0.1, 0.15) is 0 Å². The van der Waals surface area contributed by atoms with E-state index in [2.05, 4.69) is 29.2 Å². The smallest absolute Gasteiger partial charge is 0.296 e. The van der Waals surface area contributed by atoms with Gasteiger partial charge in [0.2, 0.25) is 5.78 Å². The molecule has 2 unspecified atom stereocenters. The average Bonchev–Trinajstić information content (AvgIpc) is 2.72. The van der Waals surface area contributed by atoms with E-state index >= 15 is 0 Å². The Kier molecular flexibility index (Phi) is 5.35. The van der Waals surface area contributed by atoms with E-state index in [0.717, 1.165) is 31.5 Å². The molecule has 2 aromatic carbocycles. The standard InChI is InChI=1S/C23H26N2O2/c26-22-21(14-16-25(23(22)27)19-11-5-2-6-12-19)24-15-8-7-13-20(24)17-18-9-3-1-4-10-18/h1-6,9-12,20-21H,7-8,13-17H2. The van der Waals surface area contributed by atoms with E-state index in [-0.39, 0.29) is 17.7 Å². The SMILES string of the molecule is O=C1C(=O)N(c2ccccc2)CCC1N1CCCCC1Cc1ccccc1. The number of carbonyl (C=O) groups excluding carboxylic acids is 2. The van der Waals surface area contributed by atoms with Gasteiger partial charge in [-0.3, -0.25) is 14.5 Å². The summed E-state index contributed by atoms with van der Waals surface area (Å²) in [5, 5.41) is 0. The minimum atomic E-state index is -0.360. The van der Waals surface area contributed by atoms with Crippen LogP contribution in [0.2, 0.25) is 0 Å². The van der Waals surface area contributed by atoms with Gasteiger partial charge in [-0.2, -0.15) is 0 Å². The molecule has 2 saturated heterocycles. The van der Waals surface area contributed by atoms with Crippen LogP contribution in [0.15, 0.2) is 60.7 Å². The van der Waals surface area contributed by atoms with E-state index in [1.165, 1.54) is 12.0 Å². The van der Waals surface area contributed by atoms with Crippen LogP contribution < -0.4 is 4.90 Å². The minimum Gasteiger partial charge on any atom is -0.306 e. The number of rotatable bonds is 4. The quantitative estimate of drug-likeness (QED) is 0.782. The van der Waals surface area contributed by atoms with Crippen LogP contribution in [-0.2, 0) is 16.0 Å². The van der Waals surface area contributed by atoms with Crippen molar-refractivity contribution in [1.82, 2.24) is 4.90 Å². The molecule has 0 N–H and O–H groups in total. The summed E-state index contributed by atoms with van der Waals surface area (Å²) in [4.78, 5) is 29.7. The second-order valence-corrected chi connectivity index (χ2v) is 7.54. The number of amides is 1. The van der Waals surface area contributed by atoms with Crippen molar-refractivity contribution >= 4 is 17.4 Å². The predicted octanol–water partition coefficient (Wildman–Crippen LogP) is 3.46. The van der Waals surface area contributed by atoms with E-state index in [1.54, 1.807) is 4.90 Å². The lowest BCUT2D eigenvalue weighted by Gasteiger charge is -2.43. The number of para-hydroxylation sites is 1. The van der Waals surface area contributed by atoms with Gasteiger partial charge < -0.3 is 4.90 Å². The Morgan fingerprint density at radius 3 is 2.26 bits per heavy atom. The Hall–Kier alpha value is -2.46. The molecular formula is C23H26N2O2. The van der Waals surface area contributed by atoms with Gasteiger partial charge in [-0.15, -0.1) is 0 Å². The van der Waals surface area contributed by atoms with Crippen LogP contribution in [-0.4, -0.2) is 41.8 Å². The lowest BCUT2D eigenvalue weighted by Crippen LogP contribution is -2.58. The molecule has 0 saturated carbocycles. The second-order valence-electron chi connectivity index (χ2n) is 7.54. The highest BCUT2D eigenvalue weighted by Crippen LogP contribution is 2.28. The Balaban J connectivity index is 1.50. The summed E-state index contributed by atoms with van der Waals surface area (Å²) >= 11 is 0. The van der Waals surface area contributed by atoms with Crippen molar-refractivity contribution in [3.63, 3.8) is 0 Å². The third kappa shape index (κ3) is 3.81. The third-order valence-corrected chi connectivity index (χ3v) is 5.84. The van der Waals surface area contributed by atoms with Gasteiger partial charge in [-0.1, -0.05) is 55.0 Å². The molecule has 140 valence electrons. The maximum absolute atomic E-state index is 13.0. The molecule has 0 spiro atoms. The van der Waals surface area contributed by atoms with Crippen LogP contribution in [0.4, 0.5) is 5.69 Å². The molecule has 4 nitrogen and oxygen atoms in total. The highest BCUT2D eigenvalue weighted by molar-refractivity contribution is 6.43. The summed E-state index contributed by atoms with van der Waals surface area (Å²) in [5.74, 6) is -0.605. The molecule has 0 aromatic heterocycles. The molecule has 2 fully saturated rings. The zero-order chi connectivity index (χ0) is 18.6. The molecule has 2 heterocycles. The van der Waals surface area contributed by atoms with Gasteiger partial charge in [0.25, 0.3) is 5.91 Å². The van der Waals surface area contributed by atoms with E-state index in [4.69, 9.17) is 0 Å². The van der Waals surface area contributed by atoms with Crippen molar-refractivity contribution in [3.8, 4) is 0 Å². The molecular weight excluding hydrogens is 336 g/mol. The number of hydrogen-bond acceptors (Lipinski definition) is 3. The van der Waals surface area contributed by atoms with Crippen LogP contribution in [0.25, 0.3) is 0 Å². The van der Waals surface area contributed by atoms with Crippen molar-refractivity contribution in [2.75, 3.05) is 18.0 Å². The first kappa shape index (κ1) is 17.9. The number of Topliss-reactive ketones (excluding diaryl/α,β-unsaturated/α-hetero) is 1. The first-order chi connectivity index (χ1) is 13.2.